The van der Waals surface area contributed by atoms with E-state index < -0.39 is 23.8 Å². The maximum atomic E-state index is 13.8. The number of hydrogen-bond donors (Lipinski definition) is 2. The molecule has 2 rings (SSSR count). The Morgan fingerprint density at radius 1 is 0.973 bits per heavy atom. The zero-order chi connectivity index (χ0) is 27.3. The molecule has 2 atom stereocenters. The average Bonchev–Trinajstić information content (AvgIpc) is 2.84. The molecular formula is C30H49N3O4. The topological polar surface area (TPSA) is 87.7 Å². The monoisotopic (exact) mass is 515 g/mol. The van der Waals surface area contributed by atoms with Crippen molar-refractivity contribution >= 4 is 17.9 Å². The van der Waals surface area contributed by atoms with Gasteiger partial charge in [-0.05, 0) is 52.5 Å². The number of nitrogens with zero attached hydrogens (tertiary/aromatic N) is 1. The van der Waals surface area contributed by atoms with Crippen molar-refractivity contribution in [3.8, 4) is 0 Å². The molecule has 2 N–H and O–H groups in total. The summed E-state index contributed by atoms with van der Waals surface area (Å²) in [6.07, 6.45) is 11.2. The lowest BCUT2D eigenvalue weighted by Gasteiger charge is -2.35. The molecule has 2 unspecified atom stereocenters. The second-order valence-corrected chi connectivity index (χ2v) is 11.3. The number of carbonyl (C=O) groups excluding carboxylic acids is 3. The predicted octanol–water partition coefficient (Wildman–Crippen LogP) is 6.28. The standard InChI is InChI=1S/C30H49N3O4/c1-6-7-8-9-10-17-22-33(28(35)23(2)31-29(36)37-30(3,4)5)26(24-18-13-11-14-19-24)27(34)32-25-20-15-12-16-21-25/h11,13-14,18-19,23,25-26H,6-10,12,15-17,20-22H2,1-5H3,(H,31,36)(H,32,34). The van der Waals surface area contributed by atoms with Crippen molar-refractivity contribution in [2.45, 2.75) is 129 Å². The van der Waals surface area contributed by atoms with Gasteiger partial charge in [-0.2, -0.15) is 0 Å². The Bertz CT molecular complexity index is 831. The molecule has 37 heavy (non-hydrogen) atoms. The molecule has 0 aromatic heterocycles. The Morgan fingerprint density at radius 2 is 1.59 bits per heavy atom. The summed E-state index contributed by atoms with van der Waals surface area (Å²) in [5.41, 5.74) is 0.108. The quantitative estimate of drug-likeness (QED) is 0.303. The van der Waals surface area contributed by atoms with Crippen LogP contribution in [0, 0.1) is 0 Å². The molecule has 0 saturated heterocycles. The molecule has 1 fully saturated rings. The van der Waals surface area contributed by atoms with Gasteiger partial charge in [0.2, 0.25) is 11.8 Å². The maximum absolute atomic E-state index is 13.8. The average molecular weight is 516 g/mol. The molecule has 7 nitrogen and oxygen atoms in total. The summed E-state index contributed by atoms with van der Waals surface area (Å²) in [5.74, 6) is -0.436. The van der Waals surface area contributed by atoms with E-state index >= 15 is 0 Å². The van der Waals surface area contributed by atoms with Crippen molar-refractivity contribution in [3.05, 3.63) is 35.9 Å². The third-order valence-electron chi connectivity index (χ3n) is 6.77. The summed E-state index contributed by atoms with van der Waals surface area (Å²) in [6.45, 7) is 9.64. The number of hydrogen-bond acceptors (Lipinski definition) is 4. The van der Waals surface area contributed by atoms with Gasteiger partial charge in [-0.1, -0.05) is 88.6 Å². The second kappa shape index (κ2) is 15.6. The van der Waals surface area contributed by atoms with Gasteiger partial charge in [0.25, 0.3) is 0 Å². The van der Waals surface area contributed by atoms with Gasteiger partial charge in [-0.15, -0.1) is 0 Å². The number of carbonyl (C=O) groups is 3. The number of alkyl carbamates (subject to hydrolysis) is 1. The van der Waals surface area contributed by atoms with E-state index in [1.165, 1.54) is 25.7 Å². The van der Waals surface area contributed by atoms with Crippen molar-refractivity contribution < 1.29 is 19.1 Å². The van der Waals surface area contributed by atoms with E-state index in [0.717, 1.165) is 50.5 Å². The van der Waals surface area contributed by atoms with Crippen LogP contribution < -0.4 is 10.6 Å². The molecule has 0 aliphatic heterocycles. The lowest BCUT2D eigenvalue weighted by Crippen LogP contribution is -2.53. The number of ether oxygens (including phenoxy) is 1. The highest BCUT2D eigenvalue weighted by molar-refractivity contribution is 5.92. The molecule has 0 spiro atoms. The molecule has 0 bridgehead atoms. The van der Waals surface area contributed by atoms with Crippen molar-refractivity contribution in [1.82, 2.24) is 15.5 Å². The number of benzene rings is 1. The molecule has 7 heteroatoms. The molecule has 3 amide bonds. The van der Waals surface area contributed by atoms with E-state index in [4.69, 9.17) is 4.74 Å². The highest BCUT2D eigenvalue weighted by atomic mass is 16.6. The highest BCUT2D eigenvalue weighted by Gasteiger charge is 2.35. The fourth-order valence-electron chi connectivity index (χ4n) is 4.86. The normalized spacial score (nSPS) is 15.9. The Balaban J connectivity index is 2.26. The first-order valence-electron chi connectivity index (χ1n) is 14.3. The summed E-state index contributed by atoms with van der Waals surface area (Å²) >= 11 is 0. The fourth-order valence-corrected chi connectivity index (χ4v) is 4.86. The van der Waals surface area contributed by atoms with Gasteiger partial charge in [0.15, 0.2) is 0 Å². The van der Waals surface area contributed by atoms with Crippen molar-refractivity contribution in [3.63, 3.8) is 0 Å². The Labute approximate surface area is 224 Å². The van der Waals surface area contributed by atoms with Crippen molar-refractivity contribution in [2.75, 3.05) is 6.54 Å². The summed E-state index contributed by atoms with van der Waals surface area (Å²) in [4.78, 5) is 41.6. The van der Waals surface area contributed by atoms with Crippen LogP contribution in [0.25, 0.3) is 0 Å². The molecule has 208 valence electrons. The van der Waals surface area contributed by atoms with E-state index in [-0.39, 0.29) is 17.9 Å². The van der Waals surface area contributed by atoms with Crippen LogP contribution in [0.3, 0.4) is 0 Å². The third-order valence-corrected chi connectivity index (χ3v) is 6.77. The van der Waals surface area contributed by atoms with Crippen LogP contribution in [0.4, 0.5) is 4.79 Å². The number of unbranched alkanes of at least 4 members (excludes halogenated alkanes) is 5. The van der Waals surface area contributed by atoms with Gasteiger partial charge in [0.05, 0.1) is 0 Å². The first-order chi connectivity index (χ1) is 17.6. The van der Waals surface area contributed by atoms with E-state index in [2.05, 4.69) is 17.6 Å². The molecule has 1 aliphatic rings. The largest absolute Gasteiger partial charge is 0.444 e. The fraction of sp³-hybridized carbons (Fsp3) is 0.700. The molecule has 1 aliphatic carbocycles. The van der Waals surface area contributed by atoms with Crippen LogP contribution in [-0.4, -0.2) is 47.0 Å². The Kier molecular flexibility index (Phi) is 12.9. The SMILES string of the molecule is CCCCCCCCN(C(=O)C(C)NC(=O)OC(C)(C)C)C(C(=O)NC1CCCCC1)c1ccccc1. The second-order valence-electron chi connectivity index (χ2n) is 11.3. The van der Waals surface area contributed by atoms with Crippen LogP contribution in [-0.2, 0) is 14.3 Å². The molecule has 1 saturated carbocycles. The van der Waals surface area contributed by atoms with Crippen molar-refractivity contribution in [2.24, 2.45) is 0 Å². The maximum Gasteiger partial charge on any atom is 0.408 e. The number of nitrogens with one attached hydrogen (secondary N) is 2. The number of amides is 3. The van der Waals surface area contributed by atoms with Crippen LogP contribution in [0.1, 0.15) is 117 Å². The smallest absolute Gasteiger partial charge is 0.408 e. The van der Waals surface area contributed by atoms with Gasteiger partial charge in [0.1, 0.15) is 17.7 Å². The van der Waals surface area contributed by atoms with E-state index in [0.29, 0.717) is 6.54 Å². The summed E-state index contributed by atoms with van der Waals surface area (Å²) in [6, 6.07) is 8.05. The molecule has 1 aromatic carbocycles. The Morgan fingerprint density at radius 3 is 2.22 bits per heavy atom. The first-order valence-corrected chi connectivity index (χ1v) is 14.3. The van der Waals surface area contributed by atoms with Crippen LogP contribution >= 0.6 is 0 Å². The molecule has 1 aromatic rings. The summed E-state index contributed by atoms with van der Waals surface area (Å²) in [5, 5.41) is 5.91. The third kappa shape index (κ3) is 11.1. The van der Waals surface area contributed by atoms with E-state index in [9.17, 15) is 14.4 Å². The van der Waals surface area contributed by atoms with Gasteiger partial charge >= 0.3 is 6.09 Å². The predicted molar refractivity (Wildman–Crippen MR) is 148 cm³/mol. The minimum atomic E-state index is -0.830. The summed E-state index contributed by atoms with van der Waals surface area (Å²) < 4.78 is 5.37. The molecule has 0 radical (unpaired) electrons. The van der Waals surface area contributed by atoms with Crippen LogP contribution in [0.2, 0.25) is 0 Å². The van der Waals surface area contributed by atoms with Crippen LogP contribution in [0.5, 0.6) is 0 Å². The van der Waals surface area contributed by atoms with E-state index in [1.807, 2.05) is 30.3 Å². The van der Waals surface area contributed by atoms with Gasteiger partial charge in [-0.3, -0.25) is 9.59 Å². The molecule has 0 heterocycles. The number of rotatable bonds is 13. The van der Waals surface area contributed by atoms with Crippen LogP contribution in [0.15, 0.2) is 30.3 Å². The zero-order valence-electron chi connectivity index (χ0n) is 23.7. The first kappa shape index (κ1) is 30.7. The van der Waals surface area contributed by atoms with E-state index in [1.54, 1.807) is 32.6 Å². The lowest BCUT2D eigenvalue weighted by atomic mass is 9.94. The summed E-state index contributed by atoms with van der Waals surface area (Å²) in [7, 11) is 0. The van der Waals surface area contributed by atoms with Gasteiger partial charge in [0, 0.05) is 12.6 Å². The molecular weight excluding hydrogens is 466 g/mol. The van der Waals surface area contributed by atoms with Gasteiger partial charge in [-0.25, -0.2) is 4.79 Å². The minimum absolute atomic E-state index is 0.135. The Hall–Kier alpha value is -2.57. The minimum Gasteiger partial charge on any atom is -0.444 e. The highest BCUT2D eigenvalue weighted by Crippen LogP contribution is 2.25. The van der Waals surface area contributed by atoms with Crippen molar-refractivity contribution in [1.29, 1.82) is 0 Å². The lowest BCUT2D eigenvalue weighted by molar-refractivity contribution is -0.142. The zero-order valence-corrected chi connectivity index (χ0v) is 23.7. The van der Waals surface area contributed by atoms with Gasteiger partial charge < -0.3 is 20.3 Å².